The van der Waals surface area contributed by atoms with E-state index in [1.165, 1.54) is 18.0 Å². The zero-order valence-corrected chi connectivity index (χ0v) is 9.60. The van der Waals surface area contributed by atoms with Crippen molar-refractivity contribution in [2.75, 3.05) is 19.0 Å². The predicted octanol–water partition coefficient (Wildman–Crippen LogP) is 0.00287. The number of para-hydroxylation sites is 1. The summed E-state index contributed by atoms with van der Waals surface area (Å²) in [5.74, 6) is -0.482. The minimum absolute atomic E-state index is 0.229. The molecule has 7 nitrogen and oxygen atoms in total. The van der Waals surface area contributed by atoms with Gasteiger partial charge in [-0.15, -0.1) is 0 Å². The molecule has 6 N–H and O–H groups in total. The summed E-state index contributed by atoms with van der Waals surface area (Å²) in [5.41, 5.74) is 5.55. The van der Waals surface area contributed by atoms with Crippen LogP contribution in [0, 0.1) is 5.41 Å². The number of guanidine groups is 2. The van der Waals surface area contributed by atoms with E-state index in [1.807, 2.05) is 0 Å². The molecule has 0 spiro atoms. The van der Waals surface area contributed by atoms with Crippen LogP contribution in [-0.2, 0) is 0 Å². The summed E-state index contributed by atoms with van der Waals surface area (Å²) in [5, 5.41) is 28.7. The fourth-order valence-corrected chi connectivity index (χ4v) is 1.31. The first-order valence-electron chi connectivity index (χ1n) is 4.80. The number of aliphatic imine (C=N–C) groups is 1. The van der Waals surface area contributed by atoms with Crippen molar-refractivity contribution in [2.45, 2.75) is 0 Å². The Bertz CT molecular complexity index is 458. The Balaban J connectivity index is 3.06. The smallest absolute Gasteiger partial charge is 0.204 e. The molecule has 0 aromatic heterocycles. The lowest BCUT2D eigenvalue weighted by Crippen LogP contribution is -2.45. The molecule has 0 amide bonds. The number of hydrogen-bond acceptors (Lipinski definition) is 4. The number of anilines is 1. The molecule has 0 saturated carbocycles. The number of nitrogens with two attached hydrogens (primary N) is 1. The monoisotopic (exact) mass is 237 g/mol. The van der Waals surface area contributed by atoms with Crippen LogP contribution in [0.15, 0.2) is 23.2 Å². The van der Waals surface area contributed by atoms with Crippen molar-refractivity contribution in [1.29, 1.82) is 5.41 Å². The molecule has 1 aromatic carbocycles. The number of hydrogen-bond donors (Lipinski definition) is 5. The Kier molecular flexibility index (Phi) is 3.76. The van der Waals surface area contributed by atoms with Gasteiger partial charge in [0.25, 0.3) is 0 Å². The first-order chi connectivity index (χ1) is 7.97. The van der Waals surface area contributed by atoms with Crippen LogP contribution in [0.25, 0.3) is 0 Å². The molecule has 7 heteroatoms. The zero-order chi connectivity index (χ0) is 13.0. The third kappa shape index (κ3) is 2.77. The molecule has 0 atom stereocenters. The Hall–Kier alpha value is -2.44. The lowest BCUT2D eigenvalue weighted by Gasteiger charge is -2.22. The van der Waals surface area contributed by atoms with Crippen molar-refractivity contribution in [3.05, 3.63) is 18.2 Å². The fourth-order valence-electron chi connectivity index (χ4n) is 1.31. The summed E-state index contributed by atoms with van der Waals surface area (Å²) in [7, 11) is 3.13. The second kappa shape index (κ2) is 5.06. The van der Waals surface area contributed by atoms with Crippen LogP contribution < -0.4 is 16.0 Å². The maximum atomic E-state index is 9.69. The van der Waals surface area contributed by atoms with Crippen molar-refractivity contribution in [3.8, 4) is 11.5 Å². The first-order valence-corrected chi connectivity index (χ1v) is 4.80. The lowest BCUT2D eigenvalue weighted by atomic mass is 10.2. The van der Waals surface area contributed by atoms with E-state index in [0.29, 0.717) is 5.69 Å². The number of nitrogens with one attached hydrogen (secondary N) is 2. The molecule has 0 fully saturated rings. The second-order valence-electron chi connectivity index (χ2n) is 3.29. The average Bonchev–Trinajstić information content (AvgIpc) is 2.28. The highest BCUT2D eigenvalue weighted by atomic mass is 16.3. The molecule has 0 bridgehead atoms. The van der Waals surface area contributed by atoms with Crippen LogP contribution in [0.2, 0.25) is 0 Å². The van der Waals surface area contributed by atoms with Gasteiger partial charge in [-0.3, -0.25) is 15.7 Å². The standard InChI is InChI=1S/C10H15N5O2/c1-13-10(14-9(11)12)15(2)6-4-3-5-7(16)8(6)17/h3-5,16-17H,1-2H3,(H4,11,12,13,14). The van der Waals surface area contributed by atoms with E-state index in [2.05, 4.69) is 10.3 Å². The number of aromatic hydroxyl groups is 2. The SMILES string of the molecule is C/N=C(\NC(=N)N)N(C)c1cccc(O)c1O. The van der Waals surface area contributed by atoms with Crippen LogP contribution >= 0.6 is 0 Å². The minimum Gasteiger partial charge on any atom is -0.504 e. The van der Waals surface area contributed by atoms with E-state index in [1.54, 1.807) is 19.2 Å². The minimum atomic E-state index is -0.267. The van der Waals surface area contributed by atoms with E-state index in [4.69, 9.17) is 11.1 Å². The summed E-state index contributed by atoms with van der Waals surface area (Å²) in [4.78, 5) is 5.36. The van der Waals surface area contributed by atoms with Gasteiger partial charge in [0.15, 0.2) is 17.5 Å². The quantitative estimate of drug-likeness (QED) is 0.268. The van der Waals surface area contributed by atoms with Crippen molar-refractivity contribution in [2.24, 2.45) is 10.7 Å². The molecular formula is C10H15N5O2. The van der Waals surface area contributed by atoms with E-state index in [-0.39, 0.29) is 23.4 Å². The maximum absolute atomic E-state index is 9.69. The van der Waals surface area contributed by atoms with Gasteiger partial charge in [0.05, 0.1) is 5.69 Å². The Morgan fingerprint density at radius 1 is 1.47 bits per heavy atom. The highest BCUT2D eigenvalue weighted by molar-refractivity contribution is 6.05. The Labute approximate surface area is 98.7 Å². The third-order valence-electron chi connectivity index (χ3n) is 2.13. The molecule has 92 valence electrons. The van der Waals surface area contributed by atoms with Crippen LogP contribution in [0.4, 0.5) is 5.69 Å². The van der Waals surface area contributed by atoms with Gasteiger partial charge in [-0.2, -0.15) is 0 Å². The summed E-state index contributed by atoms with van der Waals surface area (Å²) < 4.78 is 0. The summed E-state index contributed by atoms with van der Waals surface area (Å²) >= 11 is 0. The number of benzene rings is 1. The van der Waals surface area contributed by atoms with E-state index in [0.717, 1.165) is 0 Å². The van der Waals surface area contributed by atoms with Crippen molar-refractivity contribution in [3.63, 3.8) is 0 Å². The third-order valence-corrected chi connectivity index (χ3v) is 2.13. The van der Waals surface area contributed by atoms with Gasteiger partial charge >= 0.3 is 0 Å². The lowest BCUT2D eigenvalue weighted by molar-refractivity contribution is 0.404. The van der Waals surface area contributed by atoms with Crippen molar-refractivity contribution >= 4 is 17.6 Å². The van der Waals surface area contributed by atoms with Gasteiger partial charge in [0.2, 0.25) is 5.96 Å². The van der Waals surface area contributed by atoms with Crippen LogP contribution in [0.1, 0.15) is 0 Å². The van der Waals surface area contributed by atoms with E-state index in [9.17, 15) is 10.2 Å². The fraction of sp³-hybridized carbons (Fsp3) is 0.200. The average molecular weight is 237 g/mol. The predicted molar refractivity (Wildman–Crippen MR) is 66.6 cm³/mol. The van der Waals surface area contributed by atoms with Gasteiger partial charge in [0.1, 0.15) is 0 Å². The second-order valence-corrected chi connectivity index (χ2v) is 3.29. The molecule has 0 aliphatic rings. The molecule has 17 heavy (non-hydrogen) atoms. The van der Waals surface area contributed by atoms with E-state index < -0.39 is 0 Å². The van der Waals surface area contributed by atoms with E-state index >= 15 is 0 Å². The Morgan fingerprint density at radius 2 is 2.12 bits per heavy atom. The van der Waals surface area contributed by atoms with Crippen molar-refractivity contribution < 1.29 is 10.2 Å². The van der Waals surface area contributed by atoms with Crippen LogP contribution in [0.3, 0.4) is 0 Å². The van der Waals surface area contributed by atoms with Gasteiger partial charge in [-0.1, -0.05) is 6.07 Å². The van der Waals surface area contributed by atoms with Gasteiger partial charge in [0, 0.05) is 14.1 Å². The first kappa shape index (κ1) is 12.6. The topological polar surface area (TPSA) is 118 Å². The highest BCUT2D eigenvalue weighted by Crippen LogP contribution is 2.34. The van der Waals surface area contributed by atoms with Gasteiger partial charge < -0.3 is 20.8 Å². The molecule has 0 aliphatic heterocycles. The molecule has 0 unspecified atom stereocenters. The molecule has 0 heterocycles. The number of rotatable bonds is 1. The molecule has 0 aliphatic carbocycles. The number of nitrogens with zero attached hydrogens (tertiary/aromatic N) is 2. The maximum Gasteiger partial charge on any atom is 0.204 e. The summed E-state index contributed by atoms with van der Waals surface area (Å²) in [6, 6.07) is 4.55. The molecule has 0 radical (unpaired) electrons. The van der Waals surface area contributed by atoms with Gasteiger partial charge in [-0.05, 0) is 12.1 Å². The zero-order valence-electron chi connectivity index (χ0n) is 9.60. The largest absolute Gasteiger partial charge is 0.504 e. The molecule has 1 rings (SSSR count). The number of phenolic OH excluding ortho intramolecular Hbond substituents is 2. The molecule has 0 saturated heterocycles. The number of phenols is 2. The normalized spacial score (nSPS) is 11.1. The highest BCUT2D eigenvalue weighted by Gasteiger charge is 2.14. The molecular weight excluding hydrogens is 222 g/mol. The van der Waals surface area contributed by atoms with Crippen LogP contribution in [0.5, 0.6) is 11.5 Å². The van der Waals surface area contributed by atoms with Crippen molar-refractivity contribution in [1.82, 2.24) is 5.32 Å². The van der Waals surface area contributed by atoms with Gasteiger partial charge in [-0.25, -0.2) is 0 Å². The summed E-state index contributed by atoms with van der Waals surface area (Å²) in [6.07, 6.45) is 0. The summed E-state index contributed by atoms with van der Waals surface area (Å²) in [6.45, 7) is 0. The van der Waals surface area contributed by atoms with Crippen LogP contribution in [-0.4, -0.2) is 36.2 Å². The Morgan fingerprint density at radius 3 is 2.65 bits per heavy atom. The molecule has 1 aromatic rings.